The number of carbonyl (C=O) groups is 1. The number of aliphatic carboxylic acids is 1. The average molecular weight is 660 g/mol. The molecule has 1 fully saturated rings. The fourth-order valence-corrected chi connectivity index (χ4v) is 5.66. The van der Waals surface area contributed by atoms with Crippen molar-refractivity contribution in [3.05, 3.63) is 93.5 Å². The first-order valence-electron chi connectivity index (χ1n) is 14.8. The number of rotatable bonds is 15. The Labute approximate surface area is 274 Å². The van der Waals surface area contributed by atoms with Gasteiger partial charge in [-0.25, -0.2) is 4.79 Å². The summed E-state index contributed by atoms with van der Waals surface area (Å²) in [4.78, 5) is 19.3. The van der Waals surface area contributed by atoms with Crippen LogP contribution in [0.2, 0.25) is 10.0 Å². The highest BCUT2D eigenvalue weighted by atomic mass is 35.5. The zero-order chi connectivity index (χ0) is 32.4. The normalized spacial score (nSPS) is 16.5. The van der Waals surface area contributed by atoms with Gasteiger partial charge >= 0.3 is 5.97 Å². The molecule has 0 saturated carbocycles. The molecule has 0 aliphatic carbocycles. The number of carboxylic acids is 1. The lowest BCUT2D eigenvalue weighted by molar-refractivity contribution is -0.149. The minimum Gasteiger partial charge on any atom is -0.497 e. The van der Waals surface area contributed by atoms with Crippen molar-refractivity contribution in [1.82, 2.24) is 4.90 Å². The van der Waals surface area contributed by atoms with Gasteiger partial charge in [-0.05, 0) is 73.7 Å². The molecule has 3 aromatic carbocycles. The van der Waals surface area contributed by atoms with Gasteiger partial charge in [-0.1, -0.05) is 64.8 Å². The number of nitrogens with zero attached hydrogens (tertiary/aromatic N) is 2. The summed E-state index contributed by atoms with van der Waals surface area (Å²) in [6, 6.07) is 20.7. The van der Waals surface area contributed by atoms with E-state index in [0.717, 1.165) is 16.7 Å². The van der Waals surface area contributed by atoms with Crippen LogP contribution in [0.4, 0.5) is 0 Å². The summed E-state index contributed by atoms with van der Waals surface area (Å²) in [6.07, 6.45) is 0.681. The summed E-state index contributed by atoms with van der Waals surface area (Å²) in [6.45, 7) is 3.82. The number of piperidine rings is 1. The minimum atomic E-state index is -1.16. The third-order valence-corrected chi connectivity index (χ3v) is 8.82. The van der Waals surface area contributed by atoms with Crippen LogP contribution in [0.25, 0.3) is 0 Å². The Bertz CT molecular complexity index is 1420. The molecule has 0 radical (unpaired) electrons. The predicted molar refractivity (Wildman–Crippen MR) is 175 cm³/mol. The Kier molecular flexibility index (Phi) is 12.5. The van der Waals surface area contributed by atoms with E-state index in [9.17, 15) is 15.0 Å². The van der Waals surface area contributed by atoms with Crippen molar-refractivity contribution in [3.8, 4) is 11.5 Å². The maximum Gasteiger partial charge on any atom is 0.347 e. The van der Waals surface area contributed by atoms with E-state index < -0.39 is 17.7 Å². The first-order valence-corrected chi connectivity index (χ1v) is 15.6. The number of benzene rings is 3. The van der Waals surface area contributed by atoms with E-state index in [2.05, 4.69) is 10.1 Å². The second-order valence-corrected chi connectivity index (χ2v) is 12.0. The first-order chi connectivity index (χ1) is 21.6. The minimum absolute atomic E-state index is 0.0601. The maximum atomic E-state index is 11.5. The van der Waals surface area contributed by atoms with E-state index in [0.29, 0.717) is 66.2 Å². The number of carboxylic acid groups (broad SMARTS) is 1. The van der Waals surface area contributed by atoms with Gasteiger partial charge in [-0.15, -0.1) is 0 Å². The number of ether oxygens (including phenoxy) is 3. The second-order valence-electron chi connectivity index (χ2n) is 11.1. The highest BCUT2D eigenvalue weighted by molar-refractivity contribution is 6.42. The van der Waals surface area contributed by atoms with E-state index >= 15 is 0 Å². The molecule has 1 aliphatic rings. The summed E-state index contributed by atoms with van der Waals surface area (Å²) in [5.74, 6) is -0.187. The summed E-state index contributed by atoms with van der Waals surface area (Å²) in [5, 5.41) is 25.9. The SMILES string of the molecule is COc1cc(COCC(=NOC(C)C(=O)O)C(CCN2CCC(O)(c3ccccc3)CC2)c2ccc(Cl)c(Cl)c2)cc(OC)c1. The third-order valence-electron chi connectivity index (χ3n) is 8.08. The monoisotopic (exact) mass is 658 g/mol. The van der Waals surface area contributed by atoms with Crippen molar-refractivity contribution in [2.24, 2.45) is 5.16 Å². The van der Waals surface area contributed by atoms with E-state index in [1.165, 1.54) is 6.92 Å². The number of hydrogen-bond donors (Lipinski definition) is 2. The van der Waals surface area contributed by atoms with Crippen molar-refractivity contribution in [2.45, 2.75) is 50.4 Å². The molecular formula is C34H40Cl2N2O7. The van der Waals surface area contributed by atoms with Crippen LogP contribution in [0, 0.1) is 0 Å². The number of halogens is 2. The highest BCUT2D eigenvalue weighted by Gasteiger charge is 2.34. The second kappa shape index (κ2) is 16.3. The molecule has 9 nitrogen and oxygen atoms in total. The van der Waals surface area contributed by atoms with Gasteiger partial charge in [0.25, 0.3) is 0 Å². The van der Waals surface area contributed by atoms with Crippen LogP contribution in [-0.2, 0) is 26.6 Å². The Balaban J connectivity index is 1.54. The molecule has 0 aromatic heterocycles. The molecule has 242 valence electrons. The molecule has 1 heterocycles. The molecule has 0 bridgehead atoms. The van der Waals surface area contributed by atoms with E-state index in [4.69, 9.17) is 42.3 Å². The molecule has 2 N–H and O–H groups in total. The Morgan fingerprint density at radius 3 is 2.24 bits per heavy atom. The van der Waals surface area contributed by atoms with Gasteiger partial charge in [-0.2, -0.15) is 0 Å². The van der Waals surface area contributed by atoms with Gasteiger partial charge in [-0.3, -0.25) is 0 Å². The predicted octanol–water partition coefficient (Wildman–Crippen LogP) is 6.53. The molecule has 45 heavy (non-hydrogen) atoms. The zero-order valence-corrected chi connectivity index (χ0v) is 27.3. The van der Waals surface area contributed by atoms with Crippen LogP contribution in [0.1, 0.15) is 48.8 Å². The van der Waals surface area contributed by atoms with Crippen molar-refractivity contribution in [3.63, 3.8) is 0 Å². The zero-order valence-electron chi connectivity index (χ0n) is 25.7. The Morgan fingerprint density at radius 1 is 0.978 bits per heavy atom. The van der Waals surface area contributed by atoms with Crippen LogP contribution in [-0.4, -0.2) is 73.4 Å². The van der Waals surface area contributed by atoms with Gasteiger partial charge < -0.3 is 34.2 Å². The fourth-order valence-electron chi connectivity index (χ4n) is 5.36. The van der Waals surface area contributed by atoms with Crippen molar-refractivity contribution in [2.75, 3.05) is 40.5 Å². The smallest absolute Gasteiger partial charge is 0.347 e. The fraction of sp³-hybridized carbons (Fsp3) is 0.412. The van der Waals surface area contributed by atoms with Crippen LogP contribution in [0.15, 0.2) is 71.9 Å². The van der Waals surface area contributed by atoms with E-state index in [-0.39, 0.29) is 19.1 Å². The quantitative estimate of drug-likeness (QED) is 0.140. The number of oxime groups is 1. The molecule has 11 heteroatoms. The lowest BCUT2D eigenvalue weighted by Gasteiger charge is -2.39. The van der Waals surface area contributed by atoms with Crippen LogP contribution < -0.4 is 9.47 Å². The molecule has 0 spiro atoms. The topological polar surface area (TPSA) is 110 Å². The Morgan fingerprint density at radius 2 is 1.64 bits per heavy atom. The van der Waals surface area contributed by atoms with Crippen LogP contribution in [0.5, 0.6) is 11.5 Å². The van der Waals surface area contributed by atoms with E-state index in [1.807, 2.05) is 48.5 Å². The molecule has 3 aromatic rings. The van der Waals surface area contributed by atoms with Gasteiger partial charge in [0.2, 0.25) is 6.10 Å². The lowest BCUT2D eigenvalue weighted by Crippen LogP contribution is -2.43. The summed E-state index contributed by atoms with van der Waals surface area (Å²) in [7, 11) is 3.16. The largest absolute Gasteiger partial charge is 0.497 e. The lowest BCUT2D eigenvalue weighted by atomic mass is 9.84. The van der Waals surface area contributed by atoms with Crippen molar-refractivity contribution >= 4 is 34.9 Å². The van der Waals surface area contributed by atoms with Crippen LogP contribution in [0.3, 0.4) is 0 Å². The number of hydrogen-bond acceptors (Lipinski definition) is 8. The number of aliphatic hydroxyl groups is 1. The molecule has 2 unspecified atom stereocenters. The summed E-state index contributed by atoms with van der Waals surface area (Å²) in [5.41, 5.74) is 2.26. The van der Waals surface area contributed by atoms with Gasteiger partial charge in [0.05, 0.1) is 48.8 Å². The average Bonchev–Trinajstić information content (AvgIpc) is 3.05. The molecule has 0 amide bonds. The van der Waals surface area contributed by atoms with Crippen LogP contribution >= 0.6 is 23.2 Å². The highest BCUT2D eigenvalue weighted by Crippen LogP contribution is 2.34. The van der Waals surface area contributed by atoms with Gasteiger partial charge in [0, 0.05) is 25.1 Å². The molecule has 1 aliphatic heterocycles. The molecule has 2 atom stereocenters. The van der Waals surface area contributed by atoms with Crippen molar-refractivity contribution < 1.29 is 34.1 Å². The van der Waals surface area contributed by atoms with E-state index in [1.54, 1.807) is 32.4 Å². The third kappa shape index (κ3) is 9.58. The first kappa shape index (κ1) is 34.5. The van der Waals surface area contributed by atoms with Crippen molar-refractivity contribution in [1.29, 1.82) is 0 Å². The summed E-state index contributed by atoms with van der Waals surface area (Å²) >= 11 is 12.7. The molecular weight excluding hydrogens is 619 g/mol. The molecule has 4 rings (SSSR count). The van der Waals surface area contributed by atoms with Gasteiger partial charge in [0.1, 0.15) is 11.5 Å². The summed E-state index contributed by atoms with van der Waals surface area (Å²) < 4.78 is 16.9. The molecule has 1 saturated heterocycles. The number of methoxy groups -OCH3 is 2. The van der Waals surface area contributed by atoms with Gasteiger partial charge in [0.15, 0.2) is 0 Å². The number of likely N-dealkylation sites (tertiary alicyclic amines) is 1. The standard InChI is InChI=1S/C34H40Cl2N2O7/c1-23(33(39)40)45-37-32(22-44-21-24-17-27(42-2)20-28(18-24)43-3)29(25-9-10-30(35)31(36)19-25)11-14-38-15-12-34(41,13-16-38)26-7-5-4-6-8-26/h4-10,17-20,23,29,41H,11-16,21-22H2,1-3H3,(H,39,40). The Hall–Kier alpha value is -3.34. The maximum absolute atomic E-state index is 11.5.